The van der Waals surface area contributed by atoms with Crippen LogP contribution in [0.4, 0.5) is 0 Å². The Morgan fingerprint density at radius 3 is 1.93 bits per heavy atom. The first kappa shape index (κ1) is 28.7. The van der Waals surface area contributed by atoms with E-state index in [4.69, 9.17) is 9.97 Å². The van der Waals surface area contributed by atoms with Crippen LogP contribution in [0.15, 0.2) is 30.3 Å². The van der Waals surface area contributed by atoms with Crippen LogP contribution in [0.25, 0.3) is 50.4 Å². The highest BCUT2D eigenvalue weighted by atomic mass is 32.2. The molecular formula is C34H32N4O4S2. The molecule has 7 heterocycles. The van der Waals surface area contributed by atoms with Gasteiger partial charge in [-0.25, -0.2) is 14.8 Å². The number of aromatic amines is 2. The molecule has 4 aliphatic heterocycles. The summed E-state index contributed by atoms with van der Waals surface area (Å²) in [6, 6.07) is 8.25. The molecule has 7 rings (SSSR count). The van der Waals surface area contributed by atoms with Crippen LogP contribution in [0.5, 0.6) is 0 Å². The number of hydrogen-bond acceptors (Lipinski definition) is 6. The largest absolute Gasteiger partial charge is 0.481 e. The standard InChI is InChI=1S/C34H32N4O4S2/c1-15-19(5-7-31(39)40)25-12-26-20(6-8-32(41)42)16(2)22(36-26)10-27-34(30-14-44-30)18(4)24(38-27)11-28-33(29-13-43-29)17(3)23(37-28)9-21(15)35-25/h6,8-12,29-30,35-36H,5,7,13-14H2,1-4H3,(H,39,40)(H,41,42)/b8-6+,21-9?,22-10?,23-9?,24-11?,25-12?,26-12?,27-10?,28-11?/t29-,30-/m0/s1. The van der Waals surface area contributed by atoms with Crippen LogP contribution < -0.4 is 0 Å². The smallest absolute Gasteiger partial charge is 0.328 e. The molecule has 2 atom stereocenters. The SMILES string of the molecule is CC1=C([C@@H]2CS2)c2cc3nc(cc4[nH]c(cc5[nH]c(cc1n2)c(C)c5CCC(=O)O)c(/C=C/C(=O)O)c4C)C([C@@H]1CS1)=C3C. The summed E-state index contributed by atoms with van der Waals surface area (Å²) in [7, 11) is 0. The third-order valence-electron chi connectivity index (χ3n) is 8.85. The van der Waals surface area contributed by atoms with E-state index in [0.717, 1.165) is 90.3 Å². The van der Waals surface area contributed by atoms with E-state index in [1.54, 1.807) is 6.08 Å². The summed E-state index contributed by atoms with van der Waals surface area (Å²) in [6.07, 6.45) is 3.11. The van der Waals surface area contributed by atoms with Gasteiger partial charge in [0, 0.05) is 62.1 Å². The number of aryl methyl sites for hydroxylation is 3. The lowest BCUT2D eigenvalue weighted by Gasteiger charge is -2.02. The molecule has 0 saturated carbocycles. The molecule has 0 spiro atoms. The van der Waals surface area contributed by atoms with E-state index < -0.39 is 11.9 Å². The maximum atomic E-state index is 11.6. The van der Waals surface area contributed by atoms with Crippen LogP contribution in [0.3, 0.4) is 0 Å². The summed E-state index contributed by atoms with van der Waals surface area (Å²) in [5.41, 5.74) is 15.3. The molecule has 10 heteroatoms. The zero-order valence-corrected chi connectivity index (χ0v) is 26.5. The Balaban J connectivity index is 1.60. The van der Waals surface area contributed by atoms with Crippen molar-refractivity contribution in [3.05, 3.63) is 75.4 Å². The zero-order valence-electron chi connectivity index (χ0n) is 24.9. The average molecular weight is 625 g/mol. The molecule has 224 valence electrons. The Kier molecular flexibility index (Phi) is 7.09. The second kappa shape index (κ2) is 10.9. The van der Waals surface area contributed by atoms with Crippen LogP contribution in [0, 0.1) is 13.8 Å². The number of aliphatic carboxylic acids is 2. The number of carboxylic acids is 2. The maximum absolute atomic E-state index is 11.6. The van der Waals surface area contributed by atoms with Crippen molar-refractivity contribution in [1.29, 1.82) is 0 Å². The number of H-pyrrole nitrogens is 2. The Morgan fingerprint density at radius 2 is 1.34 bits per heavy atom. The average Bonchev–Trinajstić information content (AvgIpc) is 3.88. The Morgan fingerprint density at radius 1 is 0.795 bits per heavy atom. The van der Waals surface area contributed by atoms with E-state index in [1.165, 1.54) is 16.7 Å². The molecule has 3 aromatic heterocycles. The van der Waals surface area contributed by atoms with Gasteiger partial charge in [-0.2, -0.15) is 23.5 Å². The van der Waals surface area contributed by atoms with Crippen molar-refractivity contribution in [3.8, 4) is 0 Å². The summed E-state index contributed by atoms with van der Waals surface area (Å²) in [5, 5.41) is 19.8. The molecule has 0 unspecified atom stereocenters. The molecule has 2 fully saturated rings. The van der Waals surface area contributed by atoms with Crippen molar-refractivity contribution in [2.75, 3.05) is 11.5 Å². The van der Waals surface area contributed by atoms with E-state index in [9.17, 15) is 19.8 Å². The number of nitrogens with zero attached hydrogens (tertiary/aromatic N) is 2. The van der Waals surface area contributed by atoms with E-state index in [0.29, 0.717) is 16.9 Å². The van der Waals surface area contributed by atoms with Gasteiger partial charge >= 0.3 is 11.9 Å². The van der Waals surface area contributed by atoms with Crippen molar-refractivity contribution in [1.82, 2.24) is 19.9 Å². The minimum atomic E-state index is -1.03. The molecule has 0 aliphatic carbocycles. The van der Waals surface area contributed by atoms with Gasteiger partial charge in [-0.05, 0) is 103 Å². The number of rotatable bonds is 7. The van der Waals surface area contributed by atoms with Crippen molar-refractivity contribution < 1.29 is 19.8 Å². The molecule has 4 aliphatic rings. The minimum absolute atomic E-state index is 0.00454. The number of carbonyl (C=O) groups is 2. The predicted octanol–water partition coefficient (Wildman–Crippen LogP) is 7.14. The van der Waals surface area contributed by atoms with Gasteiger partial charge in [0.1, 0.15) is 0 Å². The van der Waals surface area contributed by atoms with Crippen LogP contribution in [0.1, 0.15) is 65.3 Å². The molecule has 0 amide bonds. The van der Waals surface area contributed by atoms with Crippen LogP contribution in [-0.4, -0.2) is 64.1 Å². The van der Waals surface area contributed by atoms with Crippen molar-refractivity contribution >= 4 is 85.9 Å². The molecule has 0 aromatic carbocycles. The van der Waals surface area contributed by atoms with Crippen molar-refractivity contribution in [2.24, 2.45) is 0 Å². The van der Waals surface area contributed by atoms with E-state index >= 15 is 0 Å². The molecule has 3 aromatic rings. The first-order valence-corrected chi connectivity index (χ1v) is 16.7. The fraction of sp³-hybridized carbons (Fsp3) is 0.294. The molecule has 0 radical (unpaired) electrons. The highest BCUT2D eigenvalue weighted by Crippen LogP contribution is 2.49. The summed E-state index contributed by atoms with van der Waals surface area (Å²) in [6.45, 7) is 8.27. The number of allylic oxidation sites excluding steroid dienone is 2. The highest BCUT2D eigenvalue weighted by molar-refractivity contribution is 8.07. The molecular weight excluding hydrogens is 593 g/mol. The summed E-state index contributed by atoms with van der Waals surface area (Å²) < 4.78 is 0. The van der Waals surface area contributed by atoms with E-state index in [1.807, 2.05) is 43.4 Å². The predicted molar refractivity (Wildman–Crippen MR) is 181 cm³/mol. The van der Waals surface area contributed by atoms with Gasteiger partial charge in [-0.1, -0.05) is 0 Å². The summed E-state index contributed by atoms with van der Waals surface area (Å²) in [5.74, 6) is 0.250. The zero-order chi connectivity index (χ0) is 30.9. The van der Waals surface area contributed by atoms with E-state index in [2.05, 4.69) is 42.0 Å². The van der Waals surface area contributed by atoms with Crippen LogP contribution >= 0.6 is 23.5 Å². The van der Waals surface area contributed by atoms with Crippen molar-refractivity contribution in [2.45, 2.75) is 51.0 Å². The van der Waals surface area contributed by atoms with Crippen molar-refractivity contribution in [3.63, 3.8) is 0 Å². The van der Waals surface area contributed by atoms with Gasteiger partial charge in [0.05, 0.1) is 22.8 Å². The lowest BCUT2D eigenvalue weighted by atomic mass is 10.0. The number of aromatic nitrogens is 4. The second-order valence-corrected chi connectivity index (χ2v) is 14.1. The molecule has 44 heavy (non-hydrogen) atoms. The first-order valence-electron chi connectivity index (χ1n) is 14.6. The third-order valence-corrected chi connectivity index (χ3v) is 10.6. The van der Waals surface area contributed by atoms with Gasteiger partial charge in [0.2, 0.25) is 0 Å². The van der Waals surface area contributed by atoms with Crippen LogP contribution in [0.2, 0.25) is 0 Å². The quantitative estimate of drug-likeness (QED) is 0.161. The third kappa shape index (κ3) is 5.20. The van der Waals surface area contributed by atoms with Gasteiger partial charge < -0.3 is 20.2 Å². The topological polar surface area (TPSA) is 132 Å². The lowest BCUT2D eigenvalue weighted by Crippen LogP contribution is -1.97. The molecule has 8 bridgehead atoms. The van der Waals surface area contributed by atoms with Gasteiger partial charge in [-0.15, -0.1) is 0 Å². The summed E-state index contributed by atoms with van der Waals surface area (Å²) in [4.78, 5) is 40.5. The minimum Gasteiger partial charge on any atom is -0.481 e. The number of hydrogen-bond donors (Lipinski definition) is 4. The number of fused-ring (bicyclic) bond motifs is 8. The monoisotopic (exact) mass is 624 g/mol. The van der Waals surface area contributed by atoms with Gasteiger partial charge in [0.15, 0.2) is 0 Å². The van der Waals surface area contributed by atoms with Gasteiger partial charge in [-0.3, -0.25) is 4.79 Å². The fourth-order valence-corrected chi connectivity index (χ4v) is 7.73. The molecule has 8 nitrogen and oxygen atoms in total. The number of carboxylic acid groups (broad SMARTS) is 2. The van der Waals surface area contributed by atoms with Crippen LogP contribution in [-0.2, 0) is 16.0 Å². The fourth-order valence-electron chi connectivity index (χ4n) is 6.28. The van der Waals surface area contributed by atoms with Gasteiger partial charge in [0.25, 0.3) is 0 Å². The first-order chi connectivity index (χ1) is 21.1. The Bertz CT molecular complexity index is 2040. The highest BCUT2D eigenvalue weighted by Gasteiger charge is 2.36. The Hall–Kier alpha value is -4.02. The second-order valence-electron chi connectivity index (χ2n) is 11.7. The van der Waals surface area contributed by atoms with E-state index in [-0.39, 0.29) is 6.42 Å². The lowest BCUT2D eigenvalue weighted by molar-refractivity contribution is -0.137. The normalized spacial score (nSPS) is 19.3. The maximum Gasteiger partial charge on any atom is 0.328 e. The number of nitrogens with one attached hydrogen (secondary N) is 2. The molecule has 4 N–H and O–H groups in total. The Labute approximate surface area is 262 Å². The molecule has 2 saturated heterocycles. The number of thioether (sulfide) groups is 2. The summed E-state index contributed by atoms with van der Waals surface area (Å²) >= 11 is 3.84.